The molecule has 1 aromatic carbocycles. The molecular formula is C14H15N3O2. The van der Waals surface area contributed by atoms with Crippen molar-refractivity contribution in [2.45, 2.75) is 6.61 Å². The van der Waals surface area contributed by atoms with E-state index in [1.54, 1.807) is 5.01 Å². The Labute approximate surface area is 111 Å². The van der Waals surface area contributed by atoms with Crippen LogP contribution >= 0.6 is 0 Å². The fraction of sp³-hybridized carbons (Fsp3) is 0.214. The molecule has 98 valence electrons. The normalized spacial score (nSPS) is 17.1. The molecule has 0 radical (unpaired) electrons. The fourth-order valence-electron chi connectivity index (χ4n) is 2.01. The van der Waals surface area contributed by atoms with Gasteiger partial charge in [0.15, 0.2) is 11.6 Å². The SMILES string of the molecule is OCN1CN2C=CC=C(OCc3ccccc3)C2=N1. The van der Waals surface area contributed by atoms with Crippen molar-refractivity contribution in [3.05, 3.63) is 60.0 Å². The molecule has 3 rings (SSSR count). The molecule has 1 N–H and O–H groups in total. The molecule has 0 aliphatic carbocycles. The van der Waals surface area contributed by atoms with Gasteiger partial charge in [-0.2, -0.15) is 5.10 Å². The van der Waals surface area contributed by atoms with Crippen molar-refractivity contribution in [2.24, 2.45) is 5.10 Å². The lowest BCUT2D eigenvalue weighted by atomic mass is 10.2. The Bertz CT molecular complexity index is 537. The zero-order chi connectivity index (χ0) is 13.1. The van der Waals surface area contributed by atoms with Crippen LogP contribution in [0.2, 0.25) is 0 Å². The molecule has 0 fully saturated rings. The molecular weight excluding hydrogens is 242 g/mol. The van der Waals surface area contributed by atoms with Crippen LogP contribution in [0.3, 0.4) is 0 Å². The number of rotatable bonds is 4. The van der Waals surface area contributed by atoms with Crippen molar-refractivity contribution in [1.82, 2.24) is 9.91 Å². The predicted octanol–water partition coefficient (Wildman–Crippen LogP) is 1.45. The molecule has 0 aromatic heterocycles. The highest BCUT2D eigenvalue weighted by Gasteiger charge is 2.26. The predicted molar refractivity (Wildman–Crippen MR) is 71.5 cm³/mol. The van der Waals surface area contributed by atoms with Crippen LogP contribution in [0.4, 0.5) is 0 Å². The summed E-state index contributed by atoms with van der Waals surface area (Å²) >= 11 is 0. The number of hydrogen-bond acceptors (Lipinski definition) is 5. The zero-order valence-electron chi connectivity index (χ0n) is 10.4. The Morgan fingerprint density at radius 1 is 1.26 bits per heavy atom. The van der Waals surface area contributed by atoms with Gasteiger partial charge in [0.25, 0.3) is 0 Å². The molecule has 2 aliphatic rings. The van der Waals surface area contributed by atoms with E-state index in [2.05, 4.69) is 5.10 Å². The summed E-state index contributed by atoms with van der Waals surface area (Å²) < 4.78 is 5.80. The Kier molecular flexibility index (Phi) is 3.20. The molecule has 0 saturated carbocycles. The number of hydrazone groups is 1. The van der Waals surface area contributed by atoms with E-state index in [0.29, 0.717) is 13.3 Å². The Balaban J connectivity index is 1.70. The van der Waals surface area contributed by atoms with Crippen LogP contribution in [0, 0.1) is 0 Å². The van der Waals surface area contributed by atoms with Crippen molar-refractivity contribution in [2.75, 3.05) is 13.4 Å². The van der Waals surface area contributed by atoms with Gasteiger partial charge in [0.2, 0.25) is 0 Å². The van der Waals surface area contributed by atoms with Gasteiger partial charge in [-0.05, 0) is 17.7 Å². The lowest BCUT2D eigenvalue weighted by Crippen LogP contribution is -2.29. The van der Waals surface area contributed by atoms with E-state index in [0.717, 1.165) is 17.2 Å². The van der Waals surface area contributed by atoms with E-state index in [1.807, 2.05) is 53.6 Å². The maximum atomic E-state index is 9.11. The second kappa shape index (κ2) is 5.16. The van der Waals surface area contributed by atoms with Gasteiger partial charge in [-0.25, -0.2) is 5.01 Å². The standard InChI is InChI=1S/C14H15N3O2/c18-11-17-10-16-8-4-7-13(14(16)15-17)19-9-12-5-2-1-3-6-12/h1-8,18H,9-11H2. The average molecular weight is 257 g/mol. The Hall–Kier alpha value is -2.27. The second-order valence-corrected chi connectivity index (χ2v) is 4.33. The van der Waals surface area contributed by atoms with Crippen LogP contribution in [0.15, 0.2) is 59.5 Å². The maximum absolute atomic E-state index is 9.11. The minimum absolute atomic E-state index is 0.0974. The molecule has 19 heavy (non-hydrogen) atoms. The third kappa shape index (κ3) is 2.46. The smallest absolute Gasteiger partial charge is 0.196 e. The van der Waals surface area contributed by atoms with Gasteiger partial charge < -0.3 is 14.7 Å². The molecule has 0 spiro atoms. The largest absolute Gasteiger partial charge is 0.485 e. The monoisotopic (exact) mass is 257 g/mol. The van der Waals surface area contributed by atoms with Gasteiger partial charge >= 0.3 is 0 Å². The maximum Gasteiger partial charge on any atom is 0.196 e. The van der Waals surface area contributed by atoms with E-state index in [-0.39, 0.29) is 6.73 Å². The molecule has 1 aromatic rings. The molecule has 2 aliphatic heterocycles. The number of aliphatic hydroxyl groups excluding tert-OH is 1. The molecule has 5 nitrogen and oxygen atoms in total. The van der Waals surface area contributed by atoms with E-state index < -0.39 is 0 Å². The number of hydrogen-bond donors (Lipinski definition) is 1. The number of benzene rings is 1. The molecule has 5 heteroatoms. The average Bonchev–Trinajstić information content (AvgIpc) is 2.90. The highest BCUT2D eigenvalue weighted by Crippen LogP contribution is 2.20. The number of aliphatic hydroxyl groups is 1. The topological polar surface area (TPSA) is 48.3 Å². The molecule has 0 atom stereocenters. The highest BCUT2D eigenvalue weighted by atomic mass is 16.5. The Morgan fingerprint density at radius 3 is 2.89 bits per heavy atom. The third-order valence-electron chi connectivity index (χ3n) is 2.96. The highest BCUT2D eigenvalue weighted by molar-refractivity contribution is 5.99. The van der Waals surface area contributed by atoms with Crippen molar-refractivity contribution in [3.63, 3.8) is 0 Å². The summed E-state index contributed by atoms with van der Waals surface area (Å²) in [6.45, 7) is 0.959. The lowest BCUT2D eigenvalue weighted by molar-refractivity contribution is 0.104. The molecule has 0 amide bonds. The number of fused-ring (bicyclic) bond motifs is 1. The van der Waals surface area contributed by atoms with E-state index in [1.165, 1.54) is 0 Å². The first-order valence-corrected chi connectivity index (χ1v) is 6.13. The van der Waals surface area contributed by atoms with Gasteiger partial charge in [0.1, 0.15) is 20.0 Å². The summed E-state index contributed by atoms with van der Waals surface area (Å²) in [5.74, 6) is 1.47. The van der Waals surface area contributed by atoms with E-state index in [4.69, 9.17) is 9.84 Å². The number of allylic oxidation sites excluding steroid dienone is 2. The van der Waals surface area contributed by atoms with Crippen LogP contribution in [0.5, 0.6) is 0 Å². The number of amidine groups is 1. The summed E-state index contributed by atoms with van der Waals surface area (Å²) in [4.78, 5) is 1.94. The summed E-state index contributed by atoms with van der Waals surface area (Å²) in [5, 5.41) is 15.0. The van der Waals surface area contributed by atoms with Crippen LogP contribution < -0.4 is 0 Å². The van der Waals surface area contributed by atoms with E-state index in [9.17, 15) is 0 Å². The summed E-state index contributed by atoms with van der Waals surface area (Å²) in [7, 11) is 0. The minimum Gasteiger partial charge on any atom is -0.485 e. The van der Waals surface area contributed by atoms with Gasteiger partial charge in [0, 0.05) is 6.20 Å². The summed E-state index contributed by atoms with van der Waals surface area (Å²) in [6.07, 6.45) is 5.73. The van der Waals surface area contributed by atoms with Crippen LogP contribution in [0.25, 0.3) is 0 Å². The van der Waals surface area contributed by atoms with Crippen molar-refractivity contribution < 1.29 is 9.84 Å². The molecule has 2 heterocycles. The molecule has 0 bridgehead atoms. The van der Waals surface area contributed by atoms with E-state index >= 15 is 0 Å². The zero-order valence-corrected chi connectivity index (χ0v) is 10.4. The van der Waals surface area contributed by atoms with Crippen molar-refractivity contribution >= 4 is 5.84 Å². The fourth-order valence-corrected chi connectivity index (χ4v) is 2.01. The molecule has 0 unspecified atom stereocenters. The first-order chi connectivity index (χ1) is 9.36. The Morgan fingerprint density at radius 2 is 2.11 bits per heavy atom. The van der Waals surface area contributed by atoms with Crippen LogP contribution in [-0.2, 0) is 11.3 Å². The van der Waals surface area contributed by atoms with Crippen LogP contribution in [0.1, 0.15) is 5.56 Å². The number of nitrogens with zero attached hydrogens (tertiary/aromatic N) is 3. The van der Waals surface area contributed by atoms with Crippen molar-refractivity contribution in [3.8, 4) is 0 Å². The minimum atomic E-state index is -0.0974. The van der Waals surface area contributed by atoms with Gasteiger partial charge in [0.05, 0.1) is 0 Å². The quantitative estimate of drug-likeness (QED) is 0.887. The van der Waals surface area contributed by atoms with Crippen molar-refractivity contribution in [1.29, 1.82) is 0 Å². The first-order valence-electron chi connectivity index (χ1n) is 6.13. The number of ether oxygens (including phenoxy) is 1. The van der Waals surface area contributed by atoms with Gasteiger partial charge in [-0.15, -0.1) is 0 Å². The van der Waals surface area contributed by atoms with Gasteiger partial charge in [-0.1, -0.05) is 30.3 Å². The van der Waals surface area contributed by atoms with Gasteiger partial charge in [-0.3, -0.25) is 0 Å². The lowest BCUT2D eigenvalue weighted by Gasteiger charge is -2.20. The summed E-state index contributed by atoms with van der Waals surface area (Å²) in [6, 6.07) is 10.00. The summed E-state index contributed by atoms with van der Waals surface area (Å²) in [5.41, 5.74) is 1.11. The second-order valence-electron chi connectivity index (χ2n) is 4.33. The van der Waals surface area contributed by atoms with Crippen LogP contribution in [-0.4, -0.2) is 34.3 Å². The molecule has 0 saturated heterocycles. The third-order valence-corrected chi connectivity index (χ3v) is 2.96. The first kappa shape index (κ1) is 11.8.